The smallest absolute Gasteiger partial charge is 0.272 e. The molecule has 0 saturated heterocycles. The van der Waals surface area contributed by atoms with Crippen molar-refractivity contribution in [3.63, 3.8) is 0 Å². The van der Waals surface area contributed by atoms with Crippen molar-refractivity contribution in [2.24, 2.45) is 7.05 Å². The predicted molar refractivity (Wildman–Crippen MR) is 73.5 cm³/mol. The maximum Gasteiger partial charge on any atom is 0.272 e. The second-order valence-electron chi connectivity index (χ2n) is 4.91. The molecule has 5 nitrogen and oxygen atoms in total. The normalized spacial score (nSPS) is 11.6. The monoisotopic (exact) mass is 252 g/mol. The van der Waals surface area contributed by atoms with Crippen molar-refractivity contribution in [1.82, 2.24) is 15.1 Å². The van der Waals surface area contributed by atoms with Gasteiger partial charge in [0.1, 0.15) is 5.69 Å². The van der Waals surface area contributed by atoms with Crippen molar-refractivity contribution in [2.45, 2.75) is 52.5 Å². The minimum absolute atomic E-state index is 0.145. The fourth-order valence-electron chi connectivity index (χ4n) is 1.89. The highest BCUT2D eigenvalue weighted by Crippen LogP contribution is 2.20. The Labute approximate surface area is 109 Å². The summed E-state index contributed by atoms with van der Waals surface area (Å²) in [4.78, 5) is 12.3. The molecule has 0 bridgehead atoms. The molecule has 1 aromatic rings. The quantitative estimate of drug-likeness (QED) is 0.840. The maximum atomic E-state index is 12.3. The second kappa shape index (κ2) is 5.42. The number of aryl methyl sites for hydroxylation is 2. The molecule has 0 radical (unpaired) electrons. The lowest BCUT2D eigenvalue weighted by atomic mass is 9.95. The zero-order chi connectivity index (χ0) is 13.9. The molecule has 18 heavy (non-hydrogen) atoms. The van der Waals surface area contributed by atoms with Crippen LogP contribution in [0.15, 0.2) is 0 Å². The van der Waals surface area contributed by atoms with Crippen LogP contribution in [0.5, 0.6) is 0 Å². The molecule has 0 fully saturated rings. The van der Waals surface area contributed by atoms with Crippen LogP contribution in [-0.2, 0) is 13.5 Å². The number of nitrogens with two attached hydrogens (primary N) is 1. The average molecular weight is 252 g/mol. The van der Waals surface area contributed by atoms with Gasteiger partial charge < -0.3 is 11.1 Å². The first-order chi connectivity index (χ1) is 8.38. The third kappa shape index (κ3) is 2.66. The van der Waals surface area contributed by atoms with Gasteiger partial charge in [0.25, 0.3) is 5.91 Å². The SMILES string of the molecule is CCc1nn(C)c(C(=O)NC(C)(CC)CC)c1N. The number of nitrogens with zero attached hydrogens (tertiary/aromatic N) is 2. The Morgan fingerprint density at radius 3 is 2.33 bits per heavy atom. The molecular formula is C13H24N4O. The van der Waals surface area contributed by atoms with E-state index in [1.807, 2.05) is 13.8 Å². The molecule has 5 heteroatoms. The number of carbonyl (C=O) groups is 1. The van der Waals surface area contributed by atoms with Crippen molar-refractivity contribution in [2.75, 3.05) is 5.73 Å². The molecule has 3 N–H and O–H groups in total. The molecule has 1 aromatic heterocycles. The zero-order valence-corrected chi connectivity index (χ0v) is 12.0. The van der Waals surface area contributed by atoms with Crippen LogP contribution in [0.2, 0.25) is 0 Å². The minimum Gasteiger partial charge on any atom is -0.395 e. The van der Waals surface area contributed by atoms with Crippen LogP contribution in [0.3, 0.4) is 0 Å². The first-order valence-electron chi connectivity index (χ1n) is 6.52. The molecule has 0 aliphatic heterocycles. The van der Waals surface area contributed by atoms with E-state index in [1.54, 1.807) is 11.7 Å². The van der Waals surface area contributed by atoms with E-state index in [9.17, 15) is 4.79 Å². The molecule has 0 aliphatic rings. The lowest BCUT2D eigenvalue weighted by molar-refractivity contribution is 0.0892. The highest BCUT2D eigenvalue weighted by Gasteiger charge is 2.26. The lowest BCUT2D eigenvalue weighted by Crippen LogP contribution is -2.45. The van der Waals surface area contributed by atoms with Crippen LogP contribution < -0.4 is 11.1 Å². The van der Waals surface area contributed by atoms with Crippen LogP contribution in [0.25, 0.3) is 0 Å². The summed E-state index contributed by atoms with van der Waals surface area (Å²) in [6.07, 6.45) is 2.49. The Morgan fingerprint density at radius 1 is 1.39 bits per heavy atom. The number of amides is 1. The Morgan fingerprint density at radius 2 is 1.94 bits per heavy atom. The van der Waals surface area contributed by atoms with Gasteiger partial charge in [-0.3, -0.25) is 9.48 Å². The third-order valence-corrected chi connectivity index (χ3v) is 3.69. The molecular weight excluding hydrogens is 228 g/mol. The highest BCUT2D eigenvalue weighted by molar-refractivity contribution is 5.98. The lowest BCUT2D eigenvalue weighted by Gasteiger charge is -2.28. The zero-order valence-electron chi connectivity index (χ0n) is 12.0. The Kier molecular flexibility index (Phi) is 4.38. The molecule has 0 aromatic carbocycles. The summed E-state index contributed by atoms with van der Waals surface area (Å²) < 4.78 is 1.56. The number of aromatic nitrogens is 2. The van der Waals surface area contributed by atoms with Crippen molar-refractivity contribution in [1.29, 1.82) is 0 Å². The number of hydrogen-bond donors (Lipinski definition) is 2. The molecule has 1 amide bonds. The van der Waals surface area contributed by atoms with E-state index in [0.717, 1.165) is 25.0 Å². The second-order valence-corrected chi connectivity index (χ2v) is 4.91. The standard InChI is InChI=1S/C13H24N4O/c1-6-9-10(14)11(17(5)16-9)12(18)15-13(4,7-2)8-3/h6-8,14H2,1-5H3,(H,15,18). The van der Waals surface area contributed by atoms with E-state index in [0.29, 0.717) is 11.4 Å². The molecule has 1 rings (SSSR count). The van der Waals surface area contributed by atoms with Gasteiger partial charge in [-0.15, -0.1) is 0 Å². The van der Waals surface area contributed by atoms with Crippen molar-refractivity contribution in [3.8, 4) is 0 Å². The van der Waals surface area contributed by atoms with Crippen molar-refractivity contribution >= 4 is 11.6 Å². The van der Waals surface area contributed by atoms with Gasteiger partial charge in [0.15, 0.2) is 0 Å². The topological polar surface area (TPSA) is 72.9 Å². The van der Waals surface area contributed by atoms with Gasteiger partial charge in [0, 0.05) is 12.6 Å². The Balaban J connectivity index is 3.01. The largest absolute Gasteiger partial charge is 0.395 e. The minimum atomic E-state index is -0.194. The molecule has 0 spiro atoms. The fraction of sp³-hybridized carbons (Fsp3) is 0.692. The van der Waals surface area contributed by atoms with E-state index in [1.165, 1.54) is 0 Å². The Hall–Kier alpha value is -1.52. The van der Waals surface area contributed by atoms with E-state index >= 15 is 0 Å². The molecule has 102 valence electrons. The average Bonchev–Trinajstić information content (AvgIpc) is 2.63. The first-order valence-corrected chi connectivity index (χ1v) is 6.52. The maximum absolute atomic E-state index is 12.3. The summed E-state index contributed by atoms with van der Waals surface area (Å²) in [7, 11) is 1.75. The number of nitrogen functional groups attached to an aromatic ring is 1. The van der Waals surface area contributed by atoms with Gasteiger partial charge in [0.05, 0.1) is 11.4 Å². The van der Waals surface area contributed by atoms with Gasteiger partial charge in [-0.2, -0.15) is 5.10 Å². The third-order valence-electron chi connectivity index (χ3n) is 3.69. The predicted octanol–water partition coefficient (Wildman–Crippen LogP) is 1.87. The summed E-state index contributed by atoms with van der Waals surface area (Å²) in [6, 6.07) is 0. The summed E-state index contributed by atoms with van der Waals surface area (Å²) in [6.45, 7) is 8.14. The van der Waals surface area contributed by atoms with E-state index in [4.69, 9.17) is 5.73 Å². The molecule has 1 heterocycles. The van der Waals surface area contributed by atoms with Crippen molar-refractivity contribution in [3.05, 3.63) is 11.4 Å². The number of rotatable bonds is 5. The van der Waals surface area contributed by atoms with Gasteiger partial charge in [-0.05, 0) is 26.2 Å². The van der Waals surface area contributed by atoms with Crippen LogP contribution in [0.1, 0.15) is 56.7 Å². The first kappa shape index (κ1) is 14.5. The van der Waals surface area contributed by atoms with E-state index < -0.39 is 0 Å². The molecule has 0 atom stereocenters. The van der Waals surface area contributed by atoms with E-state index in [-0.39, 0.29) is 11.4 Å². The molecule has 0 saturated carbocycles. The van der Waals surface area contributed by atoms with E-state index in [2.05, 4.69) is 24.3 Å². The molecule has 0 unspecified atom stereocenters. The summed E-state index contributed by atoms with van der Waals surface area (Å²) in [5, 5.41) is 7.31. The van der Waals surface area contributed by atoms with Gasteiger partial charge in [-0.1, -0.05) is 20.8 Å². The van der Waals surface area contributed by atoms with Gasteiger partial charge in [0.2, 0.25) is 0 Å². The van der Waals surface area contributed by atoms with Gasteiger partial charge in [-0.25, -0.2) is 0 Å². The number of hydrogen-bond acceptors (Lipinski definition) is 3. The van der Waals surface area contributed by atoms with Crippen LogP contribution in [0, 0.1) is 0 Å². The number of carbonyl (C=O) groups excluding carboxylic acids is 1. The Bertz CT molecular complexity index is 432. The van der Waals surface area contributed by atoms with Gasteiger partial charge >= 0.3 is 0 Å². The number of nitrogens with one attached hydrogen (secondary N) is 1. The number of anilines is 1. The summed E-state index contributed by atoms with van der Waals surface area (Å²) >= 11 is 0. The fourth-order valence-corrected chi connectivity index (χ4v) is 1.89. The van der Waals surface area contributed by atoms with Crippen molar-refractivity contribution < 1.29 is 4.79 Å². The summed E-state index contributed by atoms with van der Waals surface area (Å²) in [5.41, 5.74) is 7.51. The van der Waals surface area contributed by atoms with Crippen LogP contribution in [0.4, 0.5) is 5.69 Å². The van der Waals surface area contributed by atoms with Crippen LogP contribution in [-0.4, -0.2) is 21.2 Å². The highest BCUT2D eigenvalue weighted by atomic mass is 16.2. The molecule has 0 aliphatic carbocycles. The summed E-state index contributed by atoms with van der Waals surface area (Å²) in [5.74, 6) is -0.145. The van der Waals surface area contributed by atoms with Crippen LogP contribution >= 0.6 is 0 Å².